The molecule has 0 aliphatic carbocycles. The lowest BCUT2D eigenvalue weighted by Gasteiger charge is -2.22. The molecule has 7 nitrogen and oxygen atoms in total. The van der Waals surface area contributed by atoms with E-state index in [9.17, 15) is 0 Å². The molecule has 29 heavy (non-hydrogen) atoms. The number of H-pyrrole nitrogens is 1. The van der Waals surface area contributed by atoms with Gasteiger partial charge in [0.2, 0.25) is 5.88 Å². The molecule has 0 saturated carbocycles. The van der Waals surface area contributed by atoms with Crippen LogP contribution in [0.3, 0.4) is 0 Å². The second kappa shape index (κ2) is 7.97. The van der Waals surface area contributed by atoms with Crippen molar-refractivity contribution in [1.82, 2.24) is 24.9 Å². The molecule has 3 aromatic heterocycles. The van der Waals surface area contributed by atoms with Crippen molar-refractivity contribution in [3.63, 3.8) is 0 Å². The highest BCUT2D eigenvalue weighted by Crippen LogP contribution is 2.32. The summed E-state index contributed by atoms with van der Waals surface area (Å²) < 4.78 is 11.5. The number of imidazole rings is 1. The molecule has 146 valence electrons. The molecule has 0 spiro atoms. The largest absolute Gasteiger partial charge is 0.437 e. The number of ether oxygens (including phenoxy) is 2. The number of fused-ring (bicyclic) bond motifs is 1. The van der Waals surface area contributed by atoms with E-state index in [1.54, 1.807) is 18.6 Å². The number of pyridine rings is 1. The first-order chi connectivity index (χ1) is 14.3. The highest BCUT2D eigenvalue weighted by atomic mass is 16.5. The summed E-state index contributed by atoms with van der Waals surface area (Å²) in [5.41, 5.74) is 3.74. The van der Waals surface area contributed by atoms with E-state index < -0.39 is 0 Å². The average molecular weight is 387 g/mol. The van der Waals surface area contributed by atoms with E-state index in [1.165, 1.54) is 0 Å². The molecule has 4 heterocycles. The van der Waals surface area contributed by atoms with Crippen LogP contribution >= 0.6 is 0 Å². The van der Waals surface area contributed by atoms with Crippen molar-refractivity contribution in [1.29, 1.82) is 0 Å². The summed E-state index contributed by atoms with van der Waals surface area (Å²) in [7, 11) is 0. The third kappa shape index (κ3) is 3.95. The van der Waals surface area contributed by atoms with Crippen LogP contribution in [0.15, 0.2) is 55.0 Å². The third-order valence-corrected chi connectivity index (χ3v) is 5.12. The lowest BCUT2D eigenvalue weighted by molar-refractivity contribution is 0.0839. The van der Waals surface area contributed by atoms with Gasteiger partial charge in [-0.1, -0.05) is 12.1 Å². The fourth-order valence-corrected chi connectivity index (χ4v) is 3.62. The second-order valence-electron chi connectivity index (χ2n) is 7.11. The van der Waals surface area contributed by atoms with Crippen molar-refractivity contribution in [2.75, 3.05) is 13.2 Å². The Kier molecular flexibility index (Phi) is 4.88. The Morgan fingerprint density at radius 3 is 2.62 bits per heavy atom. The van der Waals surface area contributed by atoms with Crippen LogP contribution in [0.25, 0.3) is 11.2 Å². The third-order valence-electron chi connectivity index (χ3n) is 5.12. The first-order valence-electron chi connectivity index (χ1n) is 9.80. The van der Waals surface area contributed by atoms with E-state index in [0.717, 1.165) is 60.1 Å². The van der Waals surface area contributed by atoms with Crippen molar-refractivity contribution in [3.8, 4) is 11.6 Å². The molecule has 1 fully saturated rings. The molecule has 1 saturated heterocycles. The summed E-state index contributed by atoms with van der Waals surface area (Å²) in [6, 6.07) is 11.9. The van der Waals surface area contributed by atoms with Crippen LogP contribution in [0.2, 0.25) is 0 Å². The van der Waals surface area contributed by atoms with Crippen LogP contribution in [-0.4, -0.2) is 38.1 Å². The summed E-state index contributed by atoms with van der Waals surface area (Å²) in [4.78, 5) is 21.1. The van der Waals surface area contributed by atoms with Gasteiger partial charge in [-0.15, -0.1) is 0 Å². The van der Waals surface area contributed by atoms with Crippen LogP contribution in [0.4, 0.5) is 0 Å². The van der Waals surface area contributed by atoms with Gasteiger partial charge in [0.05, 0.1) is 5.52 Å². The monoisotopic (exact) mass is 387 g/mol. The van der Waals surface area contributed by atoms with Gasteiger partial charge in [0.25, 0.3) is 0 Å². The van der Waals surface area contributed by atoms with Gasteiger partial charge in [0.15, 0.2) is 5.65 Å². The molecule has 0 radical (unpaired) electrons. The molecule has 5 rings (SSSR count). The van der Waals surface area contributed by atoms with E-state index >= 15 is 0 Å². The molecule has 1 aromatic carbocycles. The van der Waals surface area contributed by atoms with Gasteiger partial charge in [0.1, 0.15) is 17.3 Å². The summed E-state index contributed by atoms with van der Waals surface area (Å²) in [5.74, 6) is 2.54. The highest BCUT2D eigenvalue weighted by molar-refractivity contribution is 5.69. The number of aromatic amines is 1. The number of hydrogen-bond acceptors (Lipinski definition) is 6. The minimum absolute atomic E-state index is 0.327. The van der Waals surface area contributed by atoms with Crippen molar-refractivity contribution >= 4 is 11.2 Å². The minimum atomic E-state index is 0.327. The highest BCUT2D eigenvalue weighted by Gasteiger charge is 2.22. The Bertz CT molecular complexity index is 1070. The maximum atomic E-state index is 6.07. The van der Waals surface area contributed by atoms with Crippen molar-refractivity contribution in [2.45, 2.75) is 25.2 Å². The summed E-state index contributed by atoms with van der Waals surface area (Å²) in [5, 5.41) is 0. The zero-order chi connectivity index (χ0) is 19.5. The van der Waals surface area contributed by atoms with Gasteiger partial charge in [-0.05, 0) is 42.7 Å². The van der Waals surface area contributed by atoms with Crippen molar-refractivity contribution < 1.29 is 9.47 Å². The maximum absolute atomic E-state index is 6.07. The summed E-state index contributed by atoms with van der Waals surface area (Å²) in [6.07, 6.45) is 7.74. The zero-order valence-electron chi connectivity index (χ0n) is 15.9. The topological polar surface area (TPSA) is 85.8 Å². The molecule has 0 unspecified atom stereocenters. The number of nitrogens with one attached hydrogen (secondary N) is 1. The van der Waals surface area contributed by atoms with E-state index in [4.69, 9.17) is 9.47 Å². The minimum Gasteiger partial charge on any atom is -0.437 e. The van der Waals surface area contributed by atoms with E-state index in [0.29, 0.717) is 18.2 Å². The van der Waals surface area contributed by atoms with E-state index in [2.05, 4.69) is 24.9 Å². The van der Waals surface area contributed by atoms with Crippen LogP contribution in [-0.2, 0) is 11.2 Å². The Hall–Kier alpha value is -3.32. The van der Waals surface area contributed by atoms with Crippen LogP contribution in [0.5, 0.6) is 11.6 Å². The normalized spacial score (nSPS) is 14.9. The van der Waals surface area contributed by atoms with Gasteiger partial charge < -0.3 is 14.5 Å². The number of hydrogen-bond donors (Lipinski definition) is 1. The number of rotatable bonds is 5. The average Bonchev–Trinajstić information content (AvgIpc) is 3.18. The number of aromatic nitrogens is 5. The maximum Gasteiger partial charge on any atom is 0.241 e. The lowest BCUT2D eigenvalue weighted by atomic mass is 9.96. The molecule has 0 amide bonds. The Labute approximate surface area is 168 Å². The lowest BCUT2D eigenvalue weighted by Crippen LogP contribution is -2.16. The standard InChI is InChI=1S/C22H21N5O2/c1-2-18-21(24-9-1)27-19(26-18)14-15-3-5-17(6-4-15)29-22-20(23-10-11-25-22)16-7-12-28-13-8-16/h1-6,9-11,16H,7-8,12-14H2,(H,24,26,27). The molecule has 1 N–H and O–H groups in total. The SMILES string of the molecule is c1cnc2nc(Cc3ccc(Oc4nccnc4C4CCOCC4)cc3)[nH]c2c1. The smallest absolute Gasteiger partial charge is 0.241 e. The number of benzene rings is 1. The van der Waals surface area contributed by atoms with E-state index in [-0.39, 0.29) is 0 Å². The van der Waals surface area contributed by atoms with Crippen LogP contribution in [0.1, 0.15) is 35.8 Å². The molecule has 0 bridgehead atoms. The number of nitrogens with zero attached hydrogens (tertiary/aromatic N) is 4. The molecule has 1 aliphatic rings. The van der Waals surface area contributed by atoms with Gasteiger partial charge in [-0.2, -0.15) is 0 Å². The molecule has 1 aliphatic heterocycles. The first-order valence-corrected chi connectivity index (χ1v) is 9.80. The molecular formula is C22H21N5O2. The fraction of sp³-hybridized carbons (Fsp3) is 0.273. The molecular weight excluding hydrogens is 366 g/mol. The summed E-state index contributed by atoms with van der Waals surface area (Å²) >= 11 is 0. The Balaban J connectivity index is 1.31. The van der Waals surface area contributed by atoms with Crippen molar-refractivity contribution in [3.05, 3.63) is 72.1 Å². The Morgan fingerprint density at radius 2 is 1.79 bits per heavy atom. The molecule has 4 aromatic rings. The van der Waals surface area contributed by atoms with Gasteiger partial charge >= 0.3 is 0 Å². The Morgan fingerprint density at radius 1 is 0.966 bits per heavy atom. The first kappa shape index (κ1) is 17.8. The van der Waals surface area contributed by atoms with Gasteiger partial charge in [-0.25, -0.2) is 15.0 Å². The zero-order valence-corrected chi connectivity index (χ0v) is 15.9. The predicted octanol–water partition coefficient (Wildman–Crippen LogP) is 4.03. The molecule has 7 heteroatoms. The van der Waals surface area contributed by atoms with Crippen LogP contribution in [0, 0.1) is 0 Å². The molecule has 0 atom stereocenters. The van der Waals surface area contributed by atoms with Gasteiger partial charge in [-0.3, -0.25) is 4.98 Å². The summed E-state index contributed by atoms with van der Waals surface area (Å²) in [6.45, 7) is 1.51. The van der Waals surface area contributed by atoms with Crippen LogP contribution < -0.4 is 4.74 Å². The fourth-order valence-electron chi connectivity index (χ4n) is 3.62. The second-order valence-corrected chi connectivity index (χ2v) is 7.11. The quantitative estimate of drug-likeness (QED) is 0.557. The predicted molar refractivity (Wildman–Crippen MR) is 108 cm³/mol. The van der Waals surface area contributed by atoms with Crippen molar-refractivity contribution in [2.24, 2.45) is 0 Å². The van der Waals surface area contributed by atoms with E-state index in [1.807, 2.05) is 36.4 Å². The van der Waals surface area contributed by atoms with Gasteiger partial charge in [0, 0.05) is 44.1 Å².